The summed E-state index contributed by atoms with van der Waals surface area (Å²) in [5.41, 5.74) is 6.38. The van der Waals surface area contributed by atoms with Crippen molar-refractivity contribution < 1.29 is 0 Å². The van der Waals surface area contributed by atoms with Crippen LogP contribution in [0.1, 0.15) is 34.0 Å². The molecule has 0 amide bonds. The predicted octanol–water partition coefficient (Wildman–Crippen LogP) is 2.65. The second kappa shape index (κ2) is 4.94. The largest absolute Gasteiger partial charge is 0.309 e. The van der Waals surface area contributed by atoms with Gasteiger partial charge in [0, 0.05) is 18.3 Å². The molecular weight excluding hydrogens is 222 g/mol. The molecule has 0 saturated carbocycles. The zero-order chi connectivity index (χ0) is 13.3. The maximum atomic E-state index is 4.33. The lowest BCUT2D eigenvalue weighted by Crippen LogP contribution is -2.19. The fraction of sp³-hybridized carbons (Fsp3) is 0.400. The van der Waals surface area contributed by atoms with Crippen molar-refractivity contribution in [3.05, 3.63) is 52.3 Å². The van der Waals surface area contributed by atoms with Crippen LogP contribution in [-0.4, -0.2) is 16.8 Å². The second-order valence-electron chi connectivity index (χ2n) is 4.89. The highest BCUT2D eigenvalue weighted by Gasteiger charge is 2.18. The first kappa shape index (κ1) is 12.8. The van der Waals surface area contributed by atoms with Gasteiger partial charge in [-0.1, -0.05) is 23.8 Å². The zero-order valence-corrected chi connectivity index (χ0v) is 11.8. The van der Waals surface area contributed by atoms with E-state index in [0.29, 0.717) is 0 Å². The number of nitrogens with zero attached hydrogens (tertiary/aromatic N) is 2. The molecule has 0 radical (unpaired) electrons. The lowest BCUT2D eigenvalue weighted by molar-refractivity contribution is 0.675. The molecule has 96 valence electrons. The van der Waals surface area contributed by atoms with E-state index >= 15 is 0 Å². The molecule has 1 heterocycles. The number of nitrogens with one attached hydrogen (secondary N) is 1. The minimum atomic E-state index is 0.208. The Balaban J connectivity index is 2.48. The van der Waals surface area contributed by atoms with Gasteiger partial charge in [-0.3, -0.25) is 4.68 Å². The molecule has 3 heteroatoms. The Morgan fingerprint density at radius 3 is 2.39 bits per heavy atom. The number of aryl methyl sites for hydroxylation is 3. The maximum absolute atomic E-state index is 4.33. The molecule has 0 aliphatic rings. The van der Waals surface area contributed by atoms with Crippen LogP contribution in [0.15, 0.2) is 24.4 Å². The number of aromatic nitrogens is 2. The van der Waals surface area contributed by atoms with Crippen LogP contribution in [0.25, 0.3) is 0 Å². The zero-order valence-electron chi connectivity index (χ0n) is 11.8. The summed E-state index contributed by atoms with van der Waals surface area (Å²) in [6.07, 6.45) is 1.95. The summed E-state index contributed by atoms with van der Waals surface area (Å²) in [6, 6.07) is 6.81. The van der Waals surface area contributed by atoms with E-state index < -0.39 is 0 Å². The van der Waals surface area contributed by atoms with Gasteiger partial charge in [0.25, 0.3) is 0 Å². The molecule has 0 aliphatic heterocycles. The van der Waals surface area contributed by atoms with Gasteiger partial charge in [-0.05, 0) is 38.9 Å². The van der Waals surface area contributed by atoms with Crippen molar-refractivity contribution in [3.8, 4) is 0 Å². The molecule has 1 unspecified atom stereocenters. The molecule has 1 aromatic heterocycles. The maximum Gasteiger partial charge on any atom is 0.0610 e. The van der Waals surface area contributed by atoms with E-state index in [1.807, 2.05) is 25.0 Å². The predicted molar refractivity (Wildman–Crippen MR) is 74.8 cm³/mol. The summed E-state index contributed by atoms with van der Waals surface area (Å²) in [5.74, 6) is 0. The van der Waals surface area contributed by atoms with Crippen LogP contribution >= 0.6 is 0 Å². The van der Waals surface area contributed by atoms with Gasteiger partial charge in [0.1, 0.15) is 0 Å². The van der Waals surface area contributed by atoms with E-state index in [1.165, 1.54) is 27.9 Å². The monoisotopic (exact) mass is 243 g/mol. The van der Waals surface area contributed by atoms with E-state index in [-0.39, 0.29) is 6.04 Å². The Morgan fingerprint density at radius 2 is 1.89 bits per heavy atom. The standard InChI is InChI=1S/C15H21N3/c1-10-6-7-13(11(2)8-10)15(16-4)14-9-17-18(5)12(14)3/h6-9,15-16H,1-5H3. The van der Waals surface area contributed by atoms with E-state index in [4.69, 9.17) is 0 Å². The fourth-order valence-electron chi connectivity index (χ4n) is 2.43. The van der Waals surface area contributed by atoms with Gasteiger partial charge in [0.05, 0.1) is 12.2 Å². The third-order valence-electron chi connectivity index (χ3n) is 3.61. The molecule has 1 N–H and O–H groups in total. The minimum Gasteiger partial charge on any atom is -0.309 e. The second-order valence-corrected chi connectivity index (χ2v) is 4.89. The summed E-state index contributed by atoms with van der Waals surface area (Å²) in [4.78, 5) is 0. The molecule has 0 aliphatic carbocycles. The molecule has 0 spiro atoms. The van der Waals surface area contributed by atoms with Crippen LogP contribution in [-0.2, 0) is 7.05 Å². The number of rotatable bonds is 3. The smallest absolute Gasteiger partial charge is 0.0610 e. The lowest BCUT2D eigenvalue weighted by atomic mass is 9.94. The van der Waals surface area contributed by atoms with Crippen molar-refractivity contribution in [2.45, 2.75) is 26.8 Å². The molecule has 3 nitrogen and oxygen atoms in total. The van der Waals surface area contributed by atoms with Crippen molar-refractivity contribution >= 4 is 0 Å². The first-order valence-electron chi connectivity index (χ1n) is 6.27. The van der Waals surface area contributed by atoms with Crippen molar-refractivity contribution in [1.29, 1.82) is 0 Å². The van der Waals surface area contributed by atoms with Gasteiger partial charge >= 0.3 is 0 Å². The number of benzene rings is 1. The van der Waals surface area contributed by atoms with Gasteiger partial charge in [-0.2, -0.15) is 5.10 Å². The molecule has 1 aromatic carbocycles. The minimum absolute atomic E-state index is 0.208. The highest BCUT2D eigenvalue weighted by molar-refractivity contribution is 5.39. The topological polar surface area (TPSA) is 29.9 Å². The van der Waals surface area contributed by atoms with Crippen molar-refractivity contribution in [2.24, 2.45) is 7.05 Å². The summed E-state index contributed by atoms with van der Waals surface area (Å²) in [7, 11) is 3.98. The number of hydrogen-bond acceptors (Lipinski definition) is 2. The van der Waals surface area contributed by atoms with Crippen LogP contribution in [0.3, 0.4) is 0 Å². The lowest BCUT2D eigenvalue weighted by Gasteiger charge is -2.19. The molecule has 2 aromatic rings. The Hall–Kier alpha value is -1.61. The van der Waals surface area contributed by atoms with Crippen LogP contribution in [0.2, 0.25) is 0 Å². The van der Waals surface area contributed by atoms with Crippen LogP contribution in [0, 0.1) is 20.8 Å². The Morgan fingerprint density at radius 1 is 1.17 bits per heavy atom. The Kier molecular flexibility index (Phi) is 3.53. The molecular formula is C15H21N3. The SMILES string of the molecule is CNC(c1ccc(C)cc1C)c1cnn(C)c1C. The normalized spacial score (nSPS) is 12.7. The number of hydrogen-bond donors (Lipinski definition) is 1. The summed E-state index contributed by atoms with van der Waals surface area (Å²) in [6.45, 7) is 6.40. The average molecular weight is 243 g/mol. The third-order valence-corrected chi connectivity index (χ3v) is 3.61. The third kappa shape index (κ3) is 2.18. The van der Waals surface area contributed by atoms with Crippen molar-refractivity contribution in [2.75, 3.05) is 7.05 Å². The van der Waals surface area contributed by atoms with Crippen molar-refractivity contribution in [3.63, 3.8) is 0 Å². The van der Waals surface area contributed by atoms with Crippen molar-refractivity contribution in [1.82, 2.24) is 15.1 Å². The van der Waals surface area contributed by atoms with Gasteiger partial charge in [-0.25, -0.2) is 0 Å². The first-order chi connectivity index (χ1) is 8.54. The Bertz CT molecular complexity index is 555. The Labute approximate surface area is 109 Å². The highest BCUT2D eigenvalue weighted by Crippen LogP contribution is 2.27. The van der Waals surface area contributed by atoms with Crippen LogP contribution < -0.4 is 5.32 Å². The van der Waals surface area contributed by atoms with Gasteiger partial charge < -0.3 is 5.32 Å². The highest BCUT2D eigenvalue weighted by atomic mass is 15.3. The molecule has 0 fully saturated rings. The summed E-state index contributed by atoms with van der Waals surface area (Å²) in [5, 5.41) is 7.73. The molecule has 0 bridgehead atoms. The van der Waals surface area contributed by atoms with E-state index in [1.54, 1.807) is 0 Å². The molecule has 18 heavy (non-hydrogen) atoms. The van der Waals surface area contributed by atoms with E-state index in [0.717, 1.165) is 0 Å². The first-order valence-corrected chi connectivity index (χ1v) is 6.27. The van der Waals surface area contributed by atoms with Crippen LogP contribution in [0.5, 0.6) is 0 Å². The molecule has 0 saturated heterocycles. The molecule has 2 rings (SSSR count). The summed E-state index contributed by atoms with van der Waals surface area (Å²) >= 11 is 0. The van der Waals surface area contributed by atoms with Gasteiger partial charge in [-0.15, -0.1) is 0 Å². The van der Waals surface area contributed by atoms with Crippen LogP contribution in [0.4, 0.5) is 0 Å². The van der Waals surface area contributed by atoms with E-state index in [2.05, 4.69) is 49.4 Å². The molecule has 1 atom stereocenters. The quantitative estimate of drug-likeness (QED) is 0.898. The van der Waals surface area contributed by atoms with Gasteiger partial charge in [0.15, 0.2) is 0 Å². The van der Waals surface area contributed by atoms with Gasteiger partial charge in [0.2, 0.25) is 0 Å². The fourth-order valence-corrected chi connectivity index (χ4v) is 2.43. The summed E-state index contributed by atoms with van der Waals surface area (Å²) < 4.78 is 1.92. The average Bonchev–Trinajstić information content (AvgIpc) is 2.65. The van der Waals surface area contributed by atoms with E-state index in [9.17, 15) is 0 Å².